The Hall–Kier alpha value is -1.82. The summed E-state index contributed by atoms with van der Waals surface area (Å²) >= 11 is 0. The number of halogens is 1. The van der Waals surface area contributed by atoms with E-state index in [-0.39, 0.29) is 29.7 Å². The van der Waals surface area contributed by atoms with Crippen molar-refractivity contribution < 1.29 is 26.0 Å². The smallest absolute Gasteiger partial charge is 0.251 e. The summed E-state index contributed by atoms with van der Waals surface area (Å²) in [5.41, 5.74) is -0.0603. The van der Waals surface area contributed by atoms with Crippen LogP contribution in [-0.4, -0.2) is 70.9 Å². The molecule has 160 valence electrons. The first kappa shape index (κ1) is 21.9. The lowest BCUT2D eigenvalue weighted by atomic mass is 10.1. The van der Waals surface area contributed by atoms with Crippen LogP contribution in [0.25, 0.3) is 0 Å². The van der Waals surface area contributed by atoms with Crippen molar-refractivity contribution in [2.45, 2.75) is 29.8 Å². The van der Waals surface area contributed by atoms with Gasteiger partial charge in [-0.2, -0.15) is 0 Å². The summed E-state index contributed by atoms with van der Waals surface area (Å²) in [7, 11) is -7.45. The average Bonchev–Trinajstić information content (AvgIpc) is 3.27. The van der Waals surface area contributed by atoms with Gasteiger partial charge in [-0.25, -0.2) is 25.9 Å². The molecule has 2 aliphatic rings. The van der Waals surface area contributed by atoms with Gasteiger partial charge >= 0.3 is 0 Å². The molecule has 0 radical (unpaired) electrons. The quantitative estimate of drug-likeness (QED) is 0.583. The molecule has 1 aromatic carbocycles. The topological polar surface area (TPSA) is 113 Å². The second-order valence-corrected chi connectivity index (χ2v) is 11.1. The molecular weight excluding hydrogens is 421 g/mol. The monoisotopic (exact) mass is 445 g/mol. The van der Waals surface area contributed by atoms with Crippen molar-refractivity contribution in [3.8, 4) is 0 Å². The van der Waals surface area contributed by atoms with Gasteiger partial charge in [-0.15, -0.1) is 6.58 Å². The van der Waals surface area contributed by atoms with Gasteiger partial charge in [0.1, 0.15) is 10.7 Å². The van der Waals surface area contributed by atoms with E-state index in [1.807, 2.05) is 0 Å². The van der Waals surface area contributed by atoms with Crippen molar-refractivity contribution in [3.63, 3.8) is 0 Å². The maximum absolute atomic E-state index is 14.1. The van der Waals surface area contributed by atoms with Gasteiger partial charge < -0.3 is 5.32 Å². The van der Waals surface area contributed by atoms with E-state index in [1.54, 1.807) is 0 Å². The minimum atomic E-state index is -4.16. The van der Waals surface area contributed by atoms with Crippen molar-refractivity contribution in [1.82, 2.24) is 14.9 Å². The number of carbonyl (C=O) groups excluding carboxylic acids is 1. The Kier molecular flexibility index (Phi) is 6.42. The number of rotatable bonds is 7. The van der Waals surface area contributed by atoms with E-state index in [9.17, 15) is 26.0 Å². The van der Waals surface area contributed by atoms with Crippen LogP contribution in [0.1, 0.15) is 23.2 Å². The van der Waals surface area contributed by atoms with Crippen molar-refractivity contribution in [2.24, 2.45) is 0 Å². The standard InChI is InChI=1S/C18H24FN3O5S2/c1-2-7-20-29(26,27)17-10-13(5-6-14(17)19)18(23)21-15-11-28(24,25)12-16(15)22-8-3-4-9-22/h2,5-6,10,15-16,20H,1,3-4,7-9,11-12H2,(H,21,23). The molecule has 0 spiro atoms. The fraction of sp³-hybridized carbons (Fsp3) is 0.500. The fourth-order valence-electron chi connectivity index (χ4n) is 3.75. The number of amides is 1. The Morgan fingerprint density at radius 3 is 2.62 bits per heavy atom. The molecule has 2 saturated heterocycles. The minimum absolute atomic E-state index is 0.0214. The summed E-state index contributed by atoms with van der Waals surface area (Å²) in [4.78, 5) is 14.1. The summed E-state index contributed by atoms with van der Waals surface area (Å²) in [5, 5.41) is 2.71. The molecule has 1 aromatic rings. The zero-order chi connectivity index (χ0) is 21.2. The molecule has 3 rings (SSSR count). The maximum atomic E-state index is 14.1. The fourth-order valence-corrected chi connectivity index (χ4v) is 6.80. The third kappa shape index (κ3) is 5.03. The number of hydrogen-bond acceptors (Lipinski definition) is 6. The average molecular weight is 446 g/mol. The predicted molar refractivity (Wildman–Crippen MR) is 106 cm³/mol. The van der Waals surface area contributed by atoms with Gasteiger partial charge in [0.15, 0.2) is 9.84 Å². The van der Waals surface area contributed by atoms with Crippen molar-refractivity contribution >= 4 is 25.8 Å². The van der Waals surface area contributed by atoms with E-state index in [4.69, 9.17) is 0 Å². The Bertz CT molecular complexity index is 1000. The van der Waals surface area contributed by atoms with Gasteiger partial charge in [-0.05, 0) is 44.1 Å². The molecule has 1 amide bonds. The number of nitrogens with zero attached hydrogens (tertiary/aromatic N) is 1. The van der Waals surface area contributed by atoms with Crippen LogP contribution in [0.3, 0.4) is 0 Å². The molecule has 2 unspecified atom stereocenters. The van der Waals surface area contributed by atoms with Crippen LogP contribution in [0.2, 0.25) is 0 Å². The second-order valence-electron chi connectivity index (χ2n) is 7.25. The van der Waals surface area contributed by atoms with E-state index in [0.717, 1.165) is 38.1 Å². The highest BCUT2D eigenvalue weighted by Crippen LogP contribution is 2.23. The van der Waals surface area contributed by atoms with E-state index in [0.29, 0.717) is 0 Å². The number of benzene rings is 1. The number of carbonyl (C=O) groups is 1. The van der Waals surface area contributed by atoms with Crippen LogP contribution in [0.15, 0.2) is 35.7 Å². The molecule has 0 aromatic heterocycles. The summed E-state index contributed by atoms with van der Waals surface area (Å²) in [6.45, 7) is 4.87. The van der Waals surface area contributed by atoms with Crippen molar-refractivity contribution in [1.29, 1.82) is 0 Å². The number of hydrogen-bond donors (Lipinski definition) is 2. The van der Waals surface area contributed by atoms with Gasteiger partial charge in [0.2, 0.25) is 10.0 Å². The normalized spacial score (nSPS) is 24.4. The van der Waals surface area contributed by atoms with Gasteiger partial charge in [-0.1, -0.05) is 6.08 Å². The molecule has 29 heavy (non-hydrogen) atoms. The van der Waals surface area contributed by atoms with E-state index in [1.165, 1.54) is 12.1 Å². The van der Waals surface area contributed by atoms with Gasteiger partial charge in [0.25, 0.3) is 5.91 Å². The van der Waals surface area contributed by atoms with E-state index >= 15 is 0 Å². The van der Waals surface area contributed by atoms with Gasteiger partial charge in [0, 0.05) is 18.2 Å². The Morgan fingerprint density at radius 2 is 1.97 bits per heavy atom. The molecule has 0 aliphatic carbocycles. The first-order valence-corrected chi connectivity index (χ1v) is 12.6. The van der Waals surface area contributed by atoms with Crippen LogP contribution in [-0.2, 0) is 19.9 Å². The van der Waals surface area contributed by atoms with Crippen molar-refractivity contribution in [2.75, 3.05) is 31.1 Å². The highest BCUT2D eigenvalue weighted by Gasteiger charge is 2.42. The van der Waals surface area contributed by atoms with Crippen LogP contribution >= 0.6 is 0 Å². The molecule has 2 heterocycles. The lowest BCUT2D eigenvalue weighted by molar-refractivity contribution is 0.0918. The molecule has 0 saturated carbocycles. The summed E-state index contributed by atoms with van der Waals surface area (Å²) < 4.78 is 64.9. The molecule has 2 fully saturated rings. The molecule has 2 aliphatic heterocycles. The minimum Gasteiger partial charge on any atom is -0.347 e. The van der Waals surface area contributed by atoms with Crippen molar-refractivity contribution in [3.05, 3.63) is 42.2 Å². The number of sulfone groups is 1. The summed E-state index contributed by atoms with van der Waals surface area (Å²) in [5.74, 6) is -1.83. The Morgan fingerprint density at radius 1 is 1.28 bits per heavy atom. The molecule has 8 nitrogen and oxygen atoms in total. The molecule has 0 bridgehead atoms. The first-order valence-electron chi connectivity index (χ1n) is 9.28. The third-order valence-electron chi connectivity index (χ3n) is 5.15. The molecular formula is C18H24FN3O5S2. The van der Waals surface area contributed by atoms with E-state index in [2.05, 4.69) is 21.5 Å². The zero-order valence-corrected chi connectivity index (χ0v) is 17.4. The number of likely N-dealkylation sites (tertiary alicyclic amines) is 1. The predicted octanol–water partition coefficient (Wildman–Crippen LogP) is 0.281. The van der Waals surface area contributed by atoms with Crippen LogP contribution in [0.5, 0.6) is 0 Å². The maximum Gasteiger partial charge on any atom is 0.251 e. The second kappa shape index (κ2) is 8.50. The molecule has 2 atom stereocenters. The van der Waals surface area contributed by atoms with Crippen LogP contribution in [0, 0.1) is 5.82 Å². The first-order chi connectivity index (χ1) is 13.6. The van der Waals surface area contributed by atoms with E-state index < -0.39 is 42.5 Å². The summed E-state index contributed by atoms with van der Waals surface area (Å²) in [6, 6.07) is 2.11. The zero-order valence-electron chi connectivity index (χ0n) is 15.8. The lowest BCUT2D eigenvalue weighted by Crippen LogP contribution is -2.50. The Labute approximate surface area is 170 Å². The van der Waals surface area contributed by atoms with Gasteiger partial charge in [-0.3, -0.25) is 9.69 Å². The number of nitrogens with one attached hydrogen (secondary N) is 2. The number of sulfonamides is 1. The summed E-state index contributed by atoms with van der Waals surface area (Å²) in [6.07, 6.45) is 3.27. The van der Waals surface area contributed by atoms with Gasteiger partial charge in [0.05, 0.1) is 17.5 Å². The van der Waals surface area contributed by atoms with Crippen LogP contribution in [0.4, 0.5) is 4.39 Å². The van der Waals surface area contributed by atoms with Crippen LogP contribution < -0.4 is 10.0 Å². The highest BCUT2D eigenvalue weighted by molar-refractivity contribution is 7.91. The Balaban J connectivity index is 1.81. The highest BCUT2D eigenvalue weighted by atomic mass is 32.2. The molecule has 11 heteroatoms. The SMILES string of the molecule is C=CCNS(=O)(=O)c1cc(C(=O)NC2CS(=O)(=O)CC2N2CCCC2)ccc1F. The lowest BCUT2D eigenvalue weighted by Gasteiger charge is -2.28. The largest absolute Gasteiger partial charge is 0.347 e. The molecule has 2 N–H and O–H groups in total. The third-order valence-corrected chi connectivity index (χ3v) is 8.30.